The Morgan fingerprint density at radius 1 is 1.21 bits per heavy atom. The van der Waals surface area contributed by atoms with Crippen LogP contribution >= 0.6 is 11.6 Å². The molecule has 0 aliphatic carbocycles. The molecule has 0 aliphatic heterocycles. The second-order valence-corrected chi connectivity index (χ2v) is 7.14. The van der Waals surface area contributed by atoms with E-state index >= 15 is 0 Å². The Balaban J connectivity index is 1.98. The molecule has 2 aromatic carbocycles. The van der Waals surface area contributed by atoms with Gasteiger partial charge >= 0.3 is 12.1 Å². The lowest BCUT2D eigenvalue weighted by atomic mass is 10.0. The number of rotatable bonds is 5. The van der Waals surface area contributed by atoms with Crippen molar-refractivity contribution in [2.75, 3.05) is 0 Å². The average Bonchev–Trinajstić information content (AvgIpc) is 3.38. The van der Waals surface area contributed by atoms with E-state index < -0.39 is 62.4 Å². The smallest absolute Gasteiger partial charge is 0.434 e. The van der Waals surface area contributed by atoms with Crippen molar-refractivity contribution in [3.05, 3.63) is 80.9 Å². The maximum atomic E-state index is 14.4. The molecule has 0 bridgehead atoms. The number of halogens is 5. The Morgan fingerprint density at radius 2 is 1.91 bits per heavy atom. The zero-order valence-electron chi connectivity index (χ0n) is 16.4. The minimum absolute atomic E-state index is 0.245. The quantitative estimate of drug-likeness (QED) is 0.216. The lowest BCUT2D eigenvalue weighted by molar-refractivity contribution is -0.384. The highest BCUT2D eigenvalue weighted by molar-refractivity contribution is 6.33. The largest absolute Gasteiger partial charge is 0.477 e. The third kappa shape index (κ3) is 3.85. The summed E-state index contributed by atoms with van der Waals surface area (Å²) in [5.41, 5.74) is -5.11. The van der Waals surface area contributed by atoms with E-state index in [1.807, 2.05) is 0 Å². The molecule has 1 N–H and O–H groups in total. The van der Waals surface area contributed by atoms with Crippen LogP contribution in [0, 0.1) is 15.9 Å². The lowest BCUT2D eigenvalue weighted by Crippen LogP contribution is -2.15. The van der Waals surface area contributed by atoms with Gasteiger partial charge in [0.05, 0.1) is 33.0 Å². The molecule has 0 fully saturated rings. The van der Waals surface area contributed by atoms with E-state index in [1.165, 1.54) is 12.1 Å². The number of carboxylic acid groups (broad SMARTS) is 1. The standard InChI is InChI=1S/C20H9ClF4N4O5/c21-12-5-2-6-13(22)14(12)16-15(19(30)31)17(34-27-16)11-8-26-28(18(11)20(23,24)25)9-3-1-4-10(7-9)29(32)33/h1-8H,(H,30,31). The highest BCUT2D eigenvalue weighted by atomic mass is 35.5. The van der Waals surface area contributed by atoms with Gasteiger partial charge < -0.3 is 9.63 Å². The molecular weight excluding hydrogens is 488 g/mol. The lowest BCUT2D eigenvalue weighted by Gasteiger charge is -2.12. The summed E-state index contributed by atoms with van der Waals surface area (Å²) in [5, 5.41) is 27.6. The van der Waals surface area contributed by atoms with Crippen LogP contribution in [-0.4, -0.2) is 30.9 Å². The topological polar surface area (TPSA) is 124 Å². The molecule has 0 spiro atoms. The molecule has 9 nitrogen and oxygen atoms in total. The van der Waals surface area contributed by atoms with Gasteiger partial charge in [0.2, 0.25) is 0 Å². The molecule has 174 valence electrons. The summed E-state index contributed by atoms with van der Waals surface area (Å²) in [6.45, 7) is 0. The minimum atomic E-state index is -5.12. The van der Waals surface area contributed by atoms with E-state index in [0.29, 0.717) is 10.9 Å². The predicted molar refractivity (Wildman–Crippen MR) is 108 cm³/mol. The van der Waals surface area contributed by atoms with Gasteiger partial charge in [0.15, 0.2) is 11.5 Å². The van der Waals surface area contributed by atoms with Gasteiger partial charge in [-0.2, -0.15) is 18.3 Å². The van der Waals surface area contributed by atoms with E-state index in [4.69, 9.17) is 16.1 Å². The molecule has 0 amide bonds. The molecular formula is C20H9ClF4N4O5. The van der Waals surface area contributed by atoms with Gasteiger partial charge in [-0.1, -0.05) is 28.9 Å². The Morgan fingerprint density at radius 3 is 2.53 bits per heavy atom. The third-order valence-electron chi connectivity index (χ3n) is 4.67. The maximum absolute atomic E-state index is 14.4. The number of benzene rings is 2. The summed E-state index contributed by atoms with van der Waals surface area (Å²) in [6, 6.07) is 7.67. The molecule has 4 rings (SSSR count). The van der Waals surface area contributed by atoms with Crippen molar-refractivity contribution in [3.63, 3.8) is 0 Å². The van der Waals surface area contributed by atoms with Crippen LogP contribution in [0.1, 0.15) is 16.1 Å². The molecule has 2 aromatic heterocycles. The van der Waals surface area contributed by atoms with Crippen molar-refractivity contribution >= 4 is 23.3 Å². The van der Waals surface area contributed by atoms with Gasteiger partial charge in [-0.15, -0.1) is 0 Å². The van der Waals surface area contributed by atoms with Crippen LogP contribution < -0.4 is 0 Å². The van der Waals surface area contributed by atoms with E-state index in [0.717, 1.165) is 30.3 Å². The molecule has 2 heterocycles. The number of nitro groups is 1. The first-order chi connectivity index (χ1) is 16.0. The summed E-state index contributed by atoms with van der Waals surface area (Å²) in [6.07, 6.45) is -4.45. The zero-order chi connectivity index (χ0) is 24.8. The number of non-ortho nitro benzene ring substituents is 1. The fourth-order valence-electron chi connectivity index (χ4n) is 3.29. The van der Waals surface area contributed by atoms with Crippen molar-refractivity contribution in [3.8, 4) is 28.3 Å². The molecule has 0 aliphatic rings. The predicted octanol–water partition coefficient (Wildman–Crippen LogP) is 5.61. The summed E-state index contributed by atoms with van der Waals surface area (Å²) >= 11 is 5.96. The number of aromatic nitrogens is 3. The van der Waals surface area contributed by atoms with Crippen LogP contribution in [0.2, 0.25) is 5.02 Å². The molecule has 0 saturated carbocycles. The first-order valence-corrected chi connectivity index (χ1v) is 9.46. The number of alkyl halides is 3. The number of hydrogen-bond donors (Lipinski definition) is 1. The fourth-order valence-corrected chi connectivity index (χ4v) is 3.54. The Bertz CT molecular complexity index is 1430. The highest BCUT2D eigenvalue weighted by Gasteiger charge is 2.42. The number of nitro benzene ring substituents is 1. The molecule has 14 heteroatoms. The Hall–Kier alpha value is -4.26. The van der Waals surface area contributed by atoms with Crippen molar-refractivity contribution < 1.29 is 36.9 Å². The van der Waals surface area contributed by atoms with Gasteiger partial charge in [0.25, 0.3) is 5.69 Å². The van der Waals surface area contributed by atoms with Crippen molar-refractivity contribution in [1.82, 2.24) is 14.9 Å². The molecule has 0 unspecified atom stereocenters. The minimum Gasteiger partial charge on any atom is -0.477 e. The van der Waals surface area contributed by atoms with Gasteiger partial charge in [-0.05, 0) is 18.2 Å². The molecule has 4 aromatic rings. The summed E-state index contributed by atoms with van der Waals surface area (Å²) in [5.74, 6) is -3.59. The number of carboxylic acids is 1. The summed E-state index contributed by atoms with van der Waals surface area (Å²) in [7, 11) is 0. The first-order valence-electron chi connectivity index (χ1n) is 9.08. The first kappa shape index (κ1) is 22.9. The van der Waals surface area contributed by atoms with E-state index in [1.54, 1.807) is 0 Å². The molecule has 34 heavy (non-hydrogen) atoms. The number of carbonyl (C=O) groups is 1. The van der Waals surface area contributed by atoms with Gasteiger partial charge in [0.1, 0.15) is 17.1 Å². The van der Waals surface area contributed by atoms with E-state index in [9.17, 15) is 37.6 Å². The van der Waals surface area contributed by atoms with Crippen molar-refractivity contribution in [2.24, 2.45) is 0 Å². The fraction of sp³-hybridized carbons (Fsp3) is 0.0500. The monoisotopic (exact) mass is 496 g/mol. The second kappa shape index (κ2) is 8.26. The highest BCUT2D eigenvalue weighted by Crippen LogP contribution is 2.43. The van der Waals surface area contributed by atoms with Crippen LogP contribution in [0.3, 0.4) is 0 Å². The third-order valence-corrected chi connectivity index (χ3v) is 4.99. The molecule has 0 atom stereocenters. The van der Waals surface area contributed by atoms with Gasteiger partial charge in [0, 0.05) is 12.1 Å². The number of nitrogens with zero attached hydrogens (tertiary/aromatic N) is 4. The van der Waals surface area contributed by atoms with Crippen LogP contribution in [0.25, 0.3) is 28.3 Å². The van der Waals surface area contributed by atoms with E-state index in [-0.39, 0.29) is 10.7 Å². The van der Waals surface area contributed by atoms with E-state index in [2.05, 4.69) is 10.3 Å². The SMILES string of the molecule is O=C(O)c1c(-c2c(F)cccc2Cl)noc1-c1cnn(-c2cccc([N+](=O)[O-])c2)c1C(F)(F)F. The second-order valence-electron chi connectivity index (χ2n) is 6.73. The van der Waals surface area contributed by atoms with Crippen LogP contribution in [0.15, 0.2) is 53.2 Å². The normalized spacial score (nSPS) is 11.6. The zero-order valence-corrected chi connectivity index (χ0v) is 17.1. The number of aromatic carboxylic acids is 1. The average molecular weight is 497 g/mol. The maximum Gasteiger partial charge on any atom is 0.434 e. The van der Waals surface area contributed by atoms with Crippen molar-refractivity contribution in [2.45, 2.75) is 6.18 Å². The summed E-state index contributed by atoms with van der Waals surface area (Å²) in [4.78, 5) is 22.2. The van der Waals surface area contributed by atoms with Crippen molar-refractivity contribution in [1.29, 1.82) is 0 Å². The Kier molecular flexibility index (Phi) is 5.57. The van der Waals surface area contributed by atoms with Gasteiger partial charge in [-0.3, -0.25) is 10.1 Å². The van der Waals surface area contributed by atoms with Gasteiger partial charge in [-0.25, -0.2) is 13.9 Å². The Labute approximate surface area is 190 Å². The molecule has 0 radical (unpaired) electrons. The summed E-state index contributed by atoms with van der Waals surface area (Å²) < 4.78 is 61.9. The number of hydrogen-bond acceptors (Lipinski definition) is 6. The van der Waals surface area contributed by atoms with Crippen LogP contribution in [0.5, 0.6) is 0 Å². The molecule has 0 saturated heterocycles. The van der Waals surface area contributed by atoms with Crippen LogP contribution in [0.4, 0.5) is 23.2 Å². The van der Waals surface area contributed by atoms with Crippen LogP contribution in [-0.2, 0) is 6.18 Å².